The van der Waals surface area contributed by atoms with Gasteiger partial charge in [0.05, 0.1) is 0 Å². The number of rotatable bonds is 11. The highest BCUT2D eigenvalue weighted by atomic mass is 16.4. The summed E-state index contributed by atoms with van der Waals surface area (Å²) in [6, 6.07) is 0. The molecular formula is C14H28N2O3. The lowest BCUT2D eigenvalue weighted by Crippen LogP contribution is -2.30. The molecular weight excluding hydrogens is 244 g/mol. The number of hydrogen-bond donors (Lipinski definition) is 3. The first kappa shape index (κ1) is 17.9. The van der Waals surface area contributed by atoms with Gasteiger partial charge in [0, 0.05) is 19.4 Å². The van der Waals surface area contributed by atoms with E-state index in [0.717, 1.165) is 25.7 Å². The van der Waals surface area contributed by atoms with Gasteiger partial charge in [-0.3, -0.25) is 9.59 Å². The van der Waals surface area contributed by atoms with Crippen molar-refractivity contribution in [2.24, 2.45) is 17.6 Å². The van der Waals surface area contributed by atoms with E-state index in [-0.39, 0.29) is 18.2 Å². The van der Waals surface area contributed by atoms with E-state index in [9.17, 15) is 9.59 Å². The lowest BCUT2D eigenvalue weighted by Gasteiger charge is -2.17. The topological polar surface area (TPSA) is 92.4 Å². The largest absolute Gasteiger partial charge is 0.481 e. The van der Waals surface area contributed by atoms with Crippen LogP contribution in [0.25, 0.3) is 0 Å². The first-order chi connectivity index (χ1) is 8.95. The van der Waals surface area contributed by atoms with Crippen molar-refractivity contribution in [3.63, 3.8) is 0 Å². The van der Waals surface area contributed by atoms with Crippen molar-refractivity contribution in [3.05, 3.63) is 0 Å². The van der Waals surface area contributed by atoms with Crippen LogP contribution in [0.3, 0.4) is 0 Å². The number of nitrogens with one attached hydrogen (secondary N) is 1. The van der Waals surface area contributed by atoms with Crippen LogP contribution in [0.4, 0.5) is 0 Å². The smallest absolute Gasteiger partial charge is 0.303 e. The Bertz CT molecular complexity index is 267. The zero-order valence-corrected chi connectivity index (χ0v) is 12.2. The fourth-order valence-corrected chi connectivity index (χ4v) is 2.11. The standard InChI is InChI=1S/C14H28N2O3/c1-11(2)8-12(9-14(18)19)10-16-13(17)6-4-3-5-7-15/h11-12H,3-10,15H2,1-2H3,(H,16,17)(H,18,19)/t12-/m0/s1. The van der Waals surface area contributed by atoms with E-state index in [4.69, 9.17) is 10.8 Å². The van der Waals surface area contributed by atoms with Gasteiger partial charge >= 0.3 is 5.97 Å². The molecule has 5 heteroatoms. The van der Waals surface area contributed by atoms with Gasteiger partial charge in [-0.1, -0.05) is 20.3 Å². The summed E-state index contributed by atoms with van der Waals surface area (Å²) in [5.74, 6) is -0.338. The fraction of sp³-hybridized carbons (Fsp3) is 0.857. The first-order valence-electron chi connectivity index (χ1n) is 7.14. The SMILES string of the molecule is CC(C)C[C@H](CNC(=O)CCCCCN)CC(=O)O. The highest BCUT2D eigenvalue weighted by Crippen LogP contribution is 2.14. The number of carboxylic acid groups (broad SMARTS) is 1. The molecule has 0 unspecified atom stereocenters. The van der Waals surface area contributed by atoms with E-state index in [2.05, 4.69) is 19.2 Å². The van der Waals surface area contributed by atoms with Crippen LogP contribution in [0.1, 0.15) is 52.4 Å². The van der Waals surface area contributed by atoms with E-state index in [1.54, 1.807) is 0 Å². The summed E-state index contributed by atoms with van der Waals surface area (Å²) < 4.78 is 0. The number of aliphatic carboxylic acids is 1. The Labute approximate surface area is 115 Å². The van der Waals surface area contributed by atoms with Crippen LogP contribution in [0, 0.1) is 11.8 Å². The van der Waals surface area contributed by atoms with Gasteiger partial charge in [-0.2, -0.15) is 0 Å². The number of carbonyl (C=O) groups is 2. The Kier molecular flexibility index (Phi) is 10.2. The molecule has 0 saturated carbocycles. The predicted molar refractivity (Wildman–Crippen MR) is 75.7 cm³/mol. The average molecular weight is 272 g/mol. The molecule has 1 amide bonds. The molecule has 0 bridgehead atoms. The van der Waals surface area contributed by atoms with Crippen molar-refractivity contribution < 1.29 is 14.7 Å². The maximum atomic E-state index is 11.6. The molecule has 4 N–H and O–H groups in total. The third-order valence-corrected chi connectivity index (χ3v) is 2.96. The molecule has 0 aliphatic carbocycles. The van der Waals surface area contributed by atoms with Crippen molar-refractivity contribution in [2.75, 3.05) is 13.1 Å². The summed E-state index contributed by atoms with van der Waals surface area (Å²) in [6.07, 6.45) is 4.19. The van der Waals surface area contributed by atoms with Gasteiger partial charge in [0.15, 0.2) is 0 Å². The maximum absolute atomic E-state index is 11.6. The van der Waals surface area contributed by atoms with E-state index in [1.807, 2.05) is 0 Å². The third kappa shape index (κ3) is 11.7. The molecule has 112 valence electrons. The second kappa shape index (κ2) is 10.8. The molecule has 5 nitrogen and oxygen atoms in total. The van der Waals surface area contributed by atoms with Gasteiger partial charge in [0.1, 0.15) is 0 Å². The molecule has 0 aliphatic heterocycles. The van der Waals surface area contributed by atoms with Gasteiger partial charge in [-0.05, 0) is 37.6 Å². The zero-order valence-electron chi connectivity index (χ0n) is 12.2. The summed E-state index contributed by atoms with van der Waals surface area (Å²) in [6.45, 7) is 5.24. The van der Waals surface area contributed by atoms with E-state index < -0.39 is 5.97 Å². The molecule has 0 aliphatic rings. The first-order valence-corrected chi connectivity index (χ1v) is 7.14. The summed E-state index contributed by atoms with van der Waals surface area (Å²) in [5, 5.41) is 11.7. The van der Waals surface area contributed by atoms with Crippen LogP contribution in [-0.2, 0) is 9.59 Å². The molecule has 0 spiro atoms. The van der Waals surface area contributed by atoms with Gasteiger partial charge in [-0.15, -0.1) is 0 Å². The number of hydrogen-bond acceptors (Lipinski definition) is 3. The number of nitrogens with two attached hydrogens (primary N) is 1. The van der Waals surface area contributed by atoms with Crippen molar-refractivity contribution >= 4 is 11.9 Å². The third-order valence-electron chi connectivity index (χ3n) is 2.96. The molecule has 0 saturated heterocycles. The van der Waals surface area contributed by atoms with Gasteiger partial charge in [0.2, 0.25) is 5.91 Å². The molecule has 0 fully saturated rings. The molecule has 0 aromatic carbocycles. The molecule has 0 heterocycles. The number of carboxylic acids is 1. The van der Waals surface area contributed by atoms with Crippen LogP contribution >= 0.6 is 0 Å². The summed E-state index contributed by atoms with van der Waals surface area (Å²) in [5.41, 5.74) is 5.38. The summed E-state index contributed by atoms with van der Waals surface area (Å²) in [7, 11) is 0. The predicted octanol–water partition coefficient (Wildman–Crippen LogP) is 1.76. The minimum absolute atomic E-state index is 0.0103. The van der Waals surface area contributed by atoms with Gasteiger partial charge < -0.3 is 16.2 Å². The molecule has 0 aromatic rings. The van der Waals surface area contributed by atoms with Crippen LogP contribution in [0.2, 0.25) is 0 Å². The number of carbonyl (C=O) groups excluding carboxylic acids is 1. The van der Waals surface area contributed by atoms with Crippen molar-refractivity contribution in [2.45, 2.75) is 52.4 Å². The second-order valence-electron chi connectivity index (χ2n) is 5.50. The zero-order chi connectivity index (χ0) is 14.7. The molecule has 0 rings (SSSR count). The molecule has 19 heavy (non-hydrogen) atoms. The molecule has 1 atom stereocenters. The monoisotopic (exact) mass is 272 g/mol. The Hall–Kier alpha value is -1.10. The Morgan fingerprint density at radius 3 is 2.42 bits per heavy atom. The fourth-order valence-electron chi connectivity index (χ4n) is 2.11. The lowest BCUT2D eigenvalue weighted by atomic mass is 9.94. The van der Waals surface area contributed by atoms with E-state index in [0.29, 0.717) is 25.4 Å². The maximum Gasteiger partial charge on any atom is 0.303 e. The minimum Gasteiger partial charge on any atom is -0.481 e. The van der Waals surface area contributed by atoms with E-state index in [1.165, 1.54) is 0 Å². The summed E-state index contributed by atoms with van der Waals surface area (Å²) >= 11 is 0. The molecule has 0 radical (unpaired) electrons. The number of amides is 1. The van der Waals surface area contributed by atoms with Crippen molar-refractivity contribution in [1.29, 1.82) is 0 Å². The van der Waals surface area contributed by atoms with Gasteiger partial charge in [-0.25, -0.2) is 0 Å². The average Bonchev–Trinajstić information content (AvgIpc) is 2.30. The van der Waals surface area contributed by atoms with Crippen molar-refractivity contribution in [1.82, 2.24) is 5.32 Å². The van der Waals surface area contributed by atoms with Crippen molar-refractivity contribution in [3.8, 4) is 0 Å². The Morgan fingerprint density at radius 1 is 1.21 bits per heavy atom. The van der Waals surface area contributed by atoms with Crippen LogP contribution in [0.5, 0.6) is 0 Å². The van der Waals surface area contributed by atoms with Crippen LogP contribution < -0.4 is 11.1 Å². The Balaban J connectivity index is 3.88. The van der Waals surface area contributed by atoms with Crippen LogP contribution in [-0.4, -0.2) is 30.1 Å². The lowest BCUT2D eigenvalue weighted by molar-refractivity contribution is -0.138. The summed E-state index contributed by atoms with van der Waals surface area (Å²) in [4.78, 5) is 22.3. The van der Waals surface area contributed by atoms with Crippen LogP contribution in [0.15, 0.2) is 0 Å². The van der Waals surface area contributed by atoms with E-state index >= 15 is 0 Å². The normalized spacial score (nSPS) is 12.4. The minimum atomic E-state index is -0.803. The quantitative estimate of drug-likeness (QED) is 0.500. The number of unbranched alkanes of at least 4 members (excludes halogenated alkanes) is 2. The highest BCUT2D eigenvalue weighted by Gasteiger charge is 2.15. The van der Waals surface area contributed by atoms with Gasteiger partial charge in [0.25, 0.3) is 0 Å². The highest BCUT2D eigenvalue weighted by molar-refractivity contribution is 5.75. The molecule has 0 aromatic heterocycles. The second-order valence-corrected chi connectivity index (χ2v) is 5.50. The Morgan fingerprint density at radius 2 is 1.89 bits per heavy atom.